The molecule has 2 aromatic rings. The van der Waals surface area contributed by atoms with Crippen molar-refractivity contribution < 1.29 is 14.3 Å². The van der Waals surface area contributed by atoms with Gasteiger partial charge in [0.15, 0.2) is 0 Å². The fourth-order valence-electron chi connectivity index (χ4n) is 2.80. The highest BCUT2D eigenvalue weighted by molar-refractivity contribution is 5.94. The molecule has 6 nitrogen and oxygen atoms in total. The van der Waals surface area contributed by atoms with Gasteiger partial charge < -0.3 is 20.7 Å². The van der Waals surface area contributed by atoms with E-state index in [0.717, 1.165) is 30.0 Å². The number of benzene rings is 2. The molecule has 2 amide bonds. The number of methoxy groups -OCH3 is 1. The summed E-state index contributed by atoms with van der Waals surface area (Å²) < 4.78 is 5.11. The van der Waals surface area contributed by atoms with Crippen LogP contribution in [0, 0.1) is 5.92 Å². The van der Waals surface area contributed by atoms with Crippen LogP contribution in [-0.2, 0) is 17.8 Å². The van der Waals surface area contributed by atoms with E-state index >= 15 is 0 Å². The minimum Gasteiger partial charge on any atom is -0.497 e. The summed E-state index contributed by atoms with van der Waals surface area (Å²) in [6, 6.07) is 14.8. The third-order valence-corrected chi connectivity index (χ3v) is 4.65. The van der Waals surface area contributed by atoms with Crippen LogP contribution in [0.25, 0.3) is 0 Å². The summed E-state index contributed by atoms with van der Waals surface area (Å²) >= 11 is 0. The minimum atomic E-state index is -0.0583. The first-order chi connectivity index (χ1) is 13.1. The molecule has 1 aliphatic rings. The van der Waals surface area contributed by atoms with Crippen LogP contribution >= 0.6 is 0 Å². The van der Waals surface area contributed by atoms with Crippen LogP contribution in [0.4, 0.5) is 0 Å². The third-order valence-electron chi connectivity index (χ3n) is 4.65. The van der Waals surface area contributed by atoms with E-state index in [9.17, 15) is 9.59 Å². The molecule has 1 heterocycles. The van der Waals surface area contributed by atoms with Gasteiger partial charge in [0.1, 0.15) is 5.75 Å². The lowest BCUT2D eigenvalue weighted by atomic mass is 10.0. The molecular formula is C21H25N3O3. The van der Waals surface area contributed by atoms with E-state index in [-0.39, 0.29) is 11.8 Å². The molecule has 1 saturated heterocycles. The fraction of sp³-hybridized carbons (Fsp3) is 0.333. The Morgan fingerprint density at radius 1 is 1.00 bits per heavy atom. The number of rotatable bonds is 8. The van der Waals surface area contributed by atoms with Crippen LogP contribution in [0.15, 0.2) is 48.5 Å². The Bertz CT molecular complexity index is 768. The zero-order valence-electron chi connectivity index (χ0n) is 15.5. The molecule has 1 aliphatic heterocycles. The van der Waals surface area contributed by atoms with Crippen molar-refractivity contribution >= 4 is 11.8 Å². The molecule has 6 heteroatoms. The molecule has 3 N–H and O–H groups in total. The van der Waals surface area contributed by atoms with Crippen molar-refractivity contribution in [2.75, 3.05) is 26.7 Å². The van der Waals surface area contributed by atoms with Crippen molar-refractivity contribution in [3.63, 3.8) is 0 Å². The Labute approximate surface area is 159 Å². The summed E-state index contributed by atoms with van der Waals surface area (Å²) in [4.78, 5) is 24.2. The van der Waals surface area contributed by atoms with E-state index in [4.69, 9.17) is 4.74 Å². The Balaban J connectivity index is 1.43. The van der Waals surface area contributed by atoms with Gasteiger partial charge >= 0.3 is 0 Å². The molecule has 0 aromatic heterocycles. The van der Waals surface area contributed by atoms with Crippen LogP contribution < -0.4 is 20.7 Å². The first-order valence-electron chi connectivity index (χ1n) is 9.11. The number of carbonyl (C=O) groups is 2. The summed E-state index contributed by atoms with van der Waals surface area (Å²) in [5, 5.41) is 9.03. The molecule has 0 aliphatic carbocycles. The molecule has 142 valence electrons. The summed E-state index contributed by atoms with van der Waals surface area (Å²) in [5.41, 5.74) is 2.52. The number of hydrogen-bond donors (Lipinski definition) is 3. The molecule has 0 unspecified atom stereocenters. The molecular weight excluding hydrogens is 342 g/mol. The van der Waals surface area contributed by atoms with E-state index in [1.165, 1.54) is 0 Å². The maximum Gasteiger partial charge on any atom is 0.251 e. The second kappa shape index (κ2) is 9.19. The Kier molecular flexibility index (Phi) is 6.44. The standard InChI is InChI=1S/C21H25N3O3/c1-27-19-8-4-15(5-9-19)10-20(25)23-13-16-2-6-18(7-3-16)21(26)24-14-17-11-22-12-17/h2-9,17,22H,10-14H2,1H3,(H,23,25)(H,24,26). The maximum absolute atomic E-state index is 12.1. The van der Waals surface area contributed by atoms with Crippen LogP contribution in [-0.4, -0.2) is 38.6 Å². The third kappa shape index (κ3) is 5.56. The molecule has 0 radical (unpaired) electrons. The van der Waals surface area contributed by atoms with Gasteiger partial charge in [-0.1, -0.05) is 24.3 Å². The smallest absolute Gasteiger partial charge is 0.251 e. The first-order valence-corrected chi connectivity index (χ1v) is 9.11. The van der Waals surface area contributed by atoms with Gasteiger partial charge in [-0.15, -0.1) is 0 Å². The molecule has 27 heavy (non-hydrogen) atoms. The summed E-state index contributed by atoms with van der Waals surface area (Å²) in [5.74, 6) is 1.20. The largest absolute Gasteiger partial charge is 0.497 e. The van der Waals surface area contributed by atoms with Crippen molar-refractivity contribution in [1.82, 2.24) is 16.0 Å². The number of nitrogens with one attached hydrogen (secondary N) is 3. The predicted octanol–water partition coefficient (Wildman–Crippen LogP) is 1.50. The second-order valence-electron chi connectivity index (χ2n) is 6.73. The number of hydrogen-bond acceptors (Lipinski definition) is 4. The fourth-order valence-corrected chi connectivity index (χ4v) is 2.80. The lowest BCUT2D eigenvalue weighted by Gasteiger charge is -2.27. The van der Waals surface area contributed by atoms with Gasteiger partial charge in [0.05, 0.1) is 13.5 Å². The SMILES string of the molecule is COc1ccc(CC(=O)NCc2ccc(C(=O)NCC3CNC3)cc2)cc1. The van der Waals surface area contributed by atoms with Gasteiger partial charge in [0.2, 0.25) is 5.91 Å². The zero-order chi connectivity index (χ0) is 19.1. The summed E-state index contributed by atoms with van der Waals surface area (Å²) in [7, 11) is 1.61. The lowest BCUT2D eigenvalue weighted by Crippen LogP contribution is -2.48. The van der Waals surface area contributed by atoms with Crippen molar-refractivity contribution in [3.05, 3.63) is 65.2 Å². The van der Waals surface area contributed by atoms with Crippen molar-refractivity contribution in [3.8, 4) is 5.75 Å². The van der Waals surface area contributed by atoms with Gasteiger partial charge in [-0.3, -0.25) is 9.59 Å². The van der Waals surface area contributed by atoms with Crippen molar-refractivity contribution in [2.45, 2.75) is 13.0 Å². The highest BCUT2D eigenvalue weighted by Gasteiger charge is 2.17. The monoisotopic (exact) mass is 367 g/mol. The Morgan fingerprint density at radius 2 is 1.67 bits per heavy atom. The Hall–Kier alpha value is -2.86. The Morgan fingerprint density at radius 3 is 2.26 bits per heavy atom. The average molecular weight is 367 g/mol. The predicted molar refractivity (Wildman–Crippen MR) is 104 cm³/mol. The molecule has 0 saturated carbocycles. The quantitative estimate of drug-likeness (QED) is 0.661. The lowest BCUT2D eigenvalue weighted by molar-refractivity contribution is -0.120. The number of amides is 2. The maximum atomic E-state index is 12.1. The molecule has 0 bridgehead atoms. The average Bonchev–Trinajstić information content (AvgIpc) is 2.66. The minimum absolute atomic E-state index is 0.0453. The number of carbonyl (C=O) groups excluding carboxylic acids is 2. The zero-order valence-corrected chi connectivity index (χ0v) is 15.5. The van der Waals surface area contributed by atoms with E-state index in [1.807, 2.05) is 36.4 Å². The molecule has 2 aromatic carbocycles. The van der Waals surface area contributed by atoms with Crippen molar-refractivity contribution in [1.29, 1.82) is 0 Å². The second-order valence-corrected chi connectivity index (χ2v) is 6.73. The summed E-state index contributed by atoms with van der Waals surface area (Å²) in [6.07, 6.45) is 0.320. The van der Waals surface area contributed by atoms with Gasteiger partial charge in [-0.25, -0.2) is 0 Å². The molecule has 0 spiro atoms. The van der Waals surface area contributed by atoms with Gasteiger partial charge in [-0.05, 0) is 35.4 Å². The molecule has 0 atom stereocenters. The van der Waals surface area contributed by atoms with E-state index in [0.29, 0.717) is 31.0 Å². The van der Waals surface area contributed by atoms with Gasteiger partial charge in [0.25, 0.3) is 5.91 Å². The highest BCUT2D eigenvalue weighted by Crippen LogP contribution is 2.12. The van der Waals surface area contributed by atoms with Crippen LogP contribution in [0.5, 0.6) is 5.75 Å². The molecule has 1 fully saturated rings. The van der Waals surface area contributed by atoms with Crippen LogP contribution in [0.2, 0.25) is 0 Å². The number of ether oxygens (including phenoxy) is 1. The van der Waals surface area contributed by atoms with Crippen LogP contribution in [0.3, 0.4) is 0 Å². The van der Waals surface area contributed by atoms with Crippen LogP contribution in [0.1, 0.15) is 21.5 Å². The first kappa shape index (κ1) is 18.9. The topological polar surface area (TPSA) is 79.5 Å². The van der Waals surface area contributed by atoms with Gasteiger partial charge in [-0.2, -0.15) is 0 Å². The van der Waals surface area contributed by atoms with Gasteiger partial charge in [0, 0.05) is 37.7 Å². The van der Waals surface area contributed by atoms with E-state index in [2.05, 4.69) is 16.0 Å². The van der Waals surface area contributed by atoms with E-state index < -0.39 is 0 Å². The van der Waals surface area contributed by atoms with E-state index in [1.54, 1.807) is 19.2 Å². The highest BCUT2D eigenvalue weighted by atomic mass is 16.5. The normalized spacial score (nSPS) is 13.5. The summed E-state index contributed by atoms with van der Waals surface area (Å²) in [6.45, 7) is 3.07. The van der Waals surface area contributed by atoms with Crippen molar-refractivity contribution in [2.24, 2.45) is 5.92 Å². The molecule has 3 rings (SSSR count).